The third-order valence-corrected chi connectivity index (χ3v) is 6.29. The Hall–Kier alpha value is -3.04. The first-order chi connectivity index (χ1) is 13.6. The van der Waals surface area contributed by atoms with E-state index < -0.39 is 27.7 Å². The van der Waals surface area contributed by atoms with Crippen molar-refractivity contribution in [3.63, 3.8) is 0 Å². The van der Waals surface area contributed by atoms with E-state index in [1.807, 2.05) is 13.0 Å². The van der Waals surface area contributed by atoms with Gasteiger partial charge < -0.3 is 5.32 Å². The number of sulfonamides is 1. The van der Waals surface area contributed by atoms with Crippen LogP contribution in [0.3, 0.4) is 0 Å². The van der Waals surface area contributed by atoms with Crippen LogP contribution in [-0.4, -0.2) is 51.2 Å². The van der Waals surface area contributed by atoms with Gasteiger partial charge in [-0.15, -0.1) is 0 Å². The van der Waals surface area contributed by atoms with Crippen molar-refractivity contribution < 1.29 is 22.8 Å². The van der Waals surface area contributed by atoms with Gasteiger partial charge in [0.25, 0.3) is 17.7 Å². The summed E-state index contributed by atoms with van der Waals surface area (Å²) in [4.78, 5) is 37.4. The fraction of sp³-hybridized carbons (Fsp3) is 0.250. The molecule has 0 aliphatic carbocycles. The Morgan fingerprint density at radius 2 is 1.66 bits per heavy atom. The lowest BCUT2D eigenvalue weighted by Crippen LogP contribution is -2.35. The third kappa shape index (κ3) is 4.06. The number of aryl methyl sites for hydroxylation is 2. The van der Waals surface area contributed by atoms with Crippen LogP contribution in [-0.2, 0) is 10.0 Å². The monoisotopic (exact) mass is 415 g/mol. The van der Waals surface area contributed by atoms with E-state index in [4.69, 9.17) is 0 Å². The quantitative estimate of drug-likeness (QED) is 0.544. The molecular weight excluding hydrogens is 394 g/mol. The van der Waals surface area contributed by atoms with Gasteiger partial charge in [-0.1, -0.05) is 12.1 Å². The van der Waals surface area contributed by atoms with Crippen LogP contribution in [0.4, 0.5) is 0 Å². The van der Waals surface area contributed by atoms with Crippen molar-refractivity contribution in [1.29, 1.82) is 0 Å². The molecule has 3 rings (SSSR count). The van der Waals surface area contributed by atoms with E-state index in [0.29, 0.717) is 5.56 Å². The van der Waals surface area contributed by atoms with Crippen molar-refractivity contribution in [2.24, 2.45) is 0 Å². The molecule has 0 spiro atoms. The summed E-state index contributed by atoms with van der Waals surface area (Å²) in [6.07, 6.45) is 0. The Bertz CT molecular complexity index is 1120. The van der Waals surface area contributed by atoms with Crippen LogP contribution in [0.15, 0.2) is 41.3 Å². The van der Waals surface area contributed by atoms with Crippen molar-refractivity contribution in [2.45, 2.75) is 18.7 Å². The van der Waals surface area contributed by atoms with Crippen molar-refractivity contribution >= 4 is 27.7 Å². The Morgan fingerprint density at radius 3 is 2.38 bits per heavy atom. The molecule has 0 bridgehead atoms. The lowest BCUT2D eigenvalue weighted by molar-refractivity contribution is 0.0693. The number of nitrogens with one attached hydrogen (secondary N) is 2. The molecule has 2 aromatic carbocycles. The fourth-order valence-electron chi connectivity index (χ4n) is 3.04. The third-order valence-electron chi connectivity index (χ3n) is 4.69. The summed E-state index contributed by atoms with van der Waals surface area (Å²) in [6, 6.07) is 9.44. The molecule has 1 aliphatic rings. The molecule has 0 saturated carbocycles. The van der Waals surface area contributed by atoms with E-state index in [1.165, 1.54) is 25.2 Å². The lowest BCUT2D eigenvalue weighted by atomic mass is 10.1. The van der Waals surface area contributed by atoms with Crippen molar-refractivity contribution in [1.82, 2.24) is 14.9 Å². The molecule has 1 heterocycles. The molecule has 9 heteroatoms. The van der Waals surface area contributed by atoms with Gasteiger partial charge in [0.1, 0.15) is 0 Å². The molecule has 152 valence electrons. The minimum absolute atomic E-state index is 0.00650. The zero-order valence-electron chi connectivity index (χ0n) is 16.3. The number of hydrogen-bond acceptors (Lipinski definition) is 5. The number of fused-ring (bicyclic) bond motifs is 1. The highest BCUT2D eigenvalue weighted by atomic mass is 32.2. The van der Waals surface area contributed by atoms with Gasteiger partial charge >= 0.3 is 0 Å². The van der Waals surface area contributed by atoms with Crippen LogP contribution >= 0.6 is 0 Å². The summed E-state index contributed by atoms with van der Waals surface area (Å²) < 4.78 is 27.4. The van der Waals surface area contributed by atoms with Gasteiger partial charge in [0, 0.05) is 25.7 Å². The lowest BCUT2D eigenvalue weighted by Gasteiger charge is -2.11. The summed E-state index contributed by atoms with van der Waals surface area (Å²) in [5.41, 5.74) is 2.13. The standard InChI is InChI=1S/C20H21N3O5S/c1-12-4-5-13(2)17(10-12)29(27,28)22-9-8-21-18(24)14-6-7-15-16(11-14)20(26)23(3)19(15)25/h4-7,10-11,22H,8-9H2,1-3H3,(H,21,24). The SMILES string of the molecule is Cc1ccc(C)c(S(=O)(=O)NCCNC(=O)c2ccc3c(c2)C(=O)N(C)C3=O)c1. The maximum atomic E-state index is 12.4. The number of amides is 3. The minimum atomic E-state index is -3.69. The zero-order chi connectivity index (χ0) is 21.3. The number of benzene rings is 2. The molecule has 0 radical (unpaired) electrons. The maximum Gasteiger partial charge on any atom is 0.261 e. The summed E-state index contributed by atoms with van der Waals surface area (Å²) in [5, 5.41) is 2.60. The molecule has 0 fully saturated rings. The van der Waals surface area contributed by atoms with Crippen LogP contribution < -0.4 is 10.0 Å². The molecular formula is C20H21N3O5S. The topological polar surface area (TPSA) is 113 Å². The molecule has 0 saturated heterocycles. The Labute approximate surface area is 169 Å². The highest BCUT2D eigenvalue weighted by molar-refractivity contribution is 7.89. The van der Waals surface area contributed by atoms with Crippen molar-refractivity contribution in [2.75, 3.05) is 20.1 Å². The van der Waals surface area contributed by atoms with Crippen LogP contribution in [0.2, 0.25) is 0 Å². The van der Waals surface area contributed by atoms with E-state index >= 15 is 0 Å². The van der Waals surface area contributed by atoms with Gasteiger partial charge in [0.05, 0.1) is 16.0 Å². The predicted molar refractivity (Wildman–Crippen MR) is 106 cm³/mol. The first-order valence-corrected chi connectivity index (χ1v) is 10.4. The van der Waals surface area contributed by atoms with Crippen molar-refractivity contribution in [3.05, 3.63) is 64.2 Å². The second-order valence-corrected chi connectivity index (χ2v) is 8.59. The summed E-state index contributed by atoms with van der Waals surface area (Å²) in [5.74, 6) is -1.33. The minimum Gasteiger partial charge on any atom is -0.351 e. The number of carbonyl (C=O) groups excluding carboxylic acids is 3. The normalized spacial score (nSPS) is 13.6. The Balaban J connectivity index is 1.60. The molecule has 0 aromatic heterocycles. The van der Waals surface area contributed by atoms with Crippen LogP contribution in [0.1, 0.15) is 42.2 Å². The summed E-state index contributed by atoms with van der Waals surface area (Å²) in [7, 11) is -2.31. The molecule has 0 unspecified atom stereocenters. The van der Waals surface area contributed by atoms with E-state index in [-0.39, 0.29) is 34.7 Å². The van der Waals surface area contributed by atoms with Gasteiger partial charge in [-0.05, 0) is 49.2 Å². The second kappa shape index (κ2) is 7.76. The number of imide groups is 1. The van der Waals surface area contributed by atoms with Crippen LogP contribution in [0.25, 0.3) is 0 Å². The van der Waals surface area contributed by atoms with E-state index in [1.54, 1.807) is 19.1 Å². The van der Waals surface area contributed by atoms with Gasteiger partial charge in [-0.3, -0.25) is 19.3 Å². The highest BCUT2D eigenvalue weighted by Crippen LogP contribution is 2.22. The highest BCUT2D eigenvalue weighted by Gasteiger charge is 2.33. The number of hydrogen-bond donors (Lipinski definition) is 2. The Kier molecular flexibility index (Phi) is 5.54. The average molecular weight is 415 g/mol. The first-order valence-electron chi connectivity index (χ1n) is 8.93. The smallest absolute Gasteiger partial charge is 0.261 e. The molecule has 8 nitrogen and oxygen atoms in total. The summed E-state index contributed by atoms with van der Waals surface area (Å²) >= 11 is 0. The van der Waals surface area contributed by atoms with Crippen LogP contribution in [0, 0.1) is 13.8 Å². The molecule has 2 N–H and O–H groups in total. The predicted octanol–water partition coefficient (Wildman–Crippen LogP) is 1.24. The van der Waals surface area contributed by atoms with Crippen LogP contribution in [0.5, 0.6) is 0 Å². The maximum absolute atomic E-state index is 12.4. The molecule has 2 aromatic rings. The molecule has 1 aliphatic heterocycles. The molecule has 29 heavy (non-hydrogen) atoms. The number of carbonyl (C=O) groups is 3. The van der Waals surface area contributed by atoms with Crippen molar-refractivity contribution in [3.8, 4) is 0 Å². The first kappa shape index (κ1) is 20.7. The number of nitrogens with zero attached hydrogens (tertiary/aromatic N) is 1. The van der Waals surface area contributed by atoms with E-state index in [0.717, 1.165) is 10.5 Å². The Morgan fingerprint density at radius 1 is 0.966 bits per heavy atom. The summed E-state index contributed by atoms with van der Waals surface area (Å²) in [6.45, 7) is 3.60. The fourth-order valence-corrected chi connectivity index (χ4v) is 4.40. The van der Waals surface area contributed by atoms with Gasteiger partial charge in [-0.2, -0.15) is 0 Å². The van der Waals surface area contributed by atoms with E-state index in [2.05, 4.69) is 10.0 Å². The van der Waals surface area contributed by atoms with Gasteiger partial charge in [-0.25, -0.2) is 13.1 Å². The average Bonchev–Trinajstić information content (AvgIpc) is 2.90. The second-order valence-electron chi connectivity index (χ2n) is 6.85. The van der Waals surface area contributed by atoms with Gasteiger partial charge in [0.2, 0.25) is 10.0 Å². The van der Waals surface area contributed by atoms with Gasteiger partial charge in [0.15, 0.2) is 0 Å². The molecule has 0 atom stereocenters. The zero-order valence-corrected chi connectivity index (χ0v) is 17.1. The molecule has 3 amide bonds. The number of rotatable bonds is 6. The largest absolute Gasteiger partial charge is 0.351 e. The van der Waals surface area contributed by atoms with E-state index in [9.17, 15) is 22.8 Å².